The molecule has 242 valence electrons. The Bertz CT molecular complexity index is 2280. The van der Waals surface area contributed by atoms with E-state index in [1.54, 1.807) is 0 Å². The van der Waals surface area contributed by atoms with Crippen LogP contribution in [0.2, 0.25) is 0 Å². The third-order valence-electron chi connectivity index (χ3n) is 9.09. The van der Waals surface area contributed by atoms with Gasteiger partial charge in [-0.2, -0.15) is 0 Å². The number of aliphatic hydroxyl groups is 2. The first-order chi connectivity index (χ1) is 24.7. The second-order valence-corrected chi connectivity index (χ2v) is 12.2. The van der Waals surface area contributed by atoms with Crippen LogP contribution in [0.4, 0.5) is 0 Å². The van der Waals surface area contributed by atoms with Crippen molar-refractivity contribution in [2.45, 2.75) is 13.2 Å². The normalized spacial score (nSPS) is 11.2. The molecule has 0 atom stereocenters. The van der Waals surface area contributed by atoms with Gasteiger partial charge in [0.25, 0.3) is 0 Å². The summed E-state index contributed by atoms with van der Waals surface area (Å²) in [6, 6.07) is 56.7. The summed E-state index contributed by atoms with van der Waals surface area (Å²) in [7, 11) is 0. The van der Waals surface area contributed by atoms with Crippen molar-refractivity contribution >= 4 is 21.5 Å². The van der Waals surface area contributed by atoms with Gasteiger partial charge in [0.05, 0.1) is 13.2 Å². The van der Waals surface area contributed by atoms with Gasteiger partial charge in [-0.25, -0.2) is 0 Å². The molecule has 0 aliphatic rings. The number of rotatable bonds is 9. The maximum Gasteiger partial charge on any atom is 0.136 e. The van der Waals surface area contributed by atoms with E-state index in [9.17, 15) is 10.2 Å². The van der Waals surface area contributed by atoms with Crippen molar-refractivity contribution in [1.29, 1.82) is 0 Å². The van der Waals surface area contributed by atoms with E-state index in [1.165, 1.54) is 0 Å². The fourth-order valence-corrected chi connectivity index (χ4v) is 6.64. The van der Waals surface area contributed by atoms with E-state index in [0.717, 1.165) is 66.1 Å². The Morgan fingerprint density at radius 2 is 0.740 bits per heavy atom. The average molecular weight is 651 g/mol. The number of aliphatic hydroxyl groups excluding tert-OH is 2. The Hall–Kier alpha value is -6.20. The molecule has 2 N–H and O–H groups in total. The lowest BCUT2D eigenvalue weighted by Crippen LogP contribution is -1.97. The predicted octanol–water partition coefficient (Wildman–Crippen LogP) is 11.6. The Balaban J connectivity index is 1.36. The van der Waals surface area contributed by atoms with Gasteiger partial charge < -0.3 is 19.7 Å². The largest absolute Gasteiger partial charge is 0.456 e. The quantitative estimate of drug-likeness (QED) is 0.163. The Kier molecular flexibility index (Phi) is 8.54. The molecular formula is C46H34O4. The molecule has 50 heavy (non-hydrogen) atoms. The van der Waals surface area contributed by atoms with Crippen LogP contribution >= 0.6 is 0 Å². The molecule has 8 rings (SSSR count). The van der Waals surface area contributed by atoms with Crippen molar-refractivity contribution < 1.29 is 19.7 Å². The molecule has 0 amide bonds. The summed E-state index contributed by atoms with van der Waals surface area (Å²) in [6.45, 7) is -0.134. The van der Waals surface area contributed by atoms with Crippen molar-refractivity contribution in [2.75, 3.05) is 0 Å². The van der Waals surface area contributed by atoms with E-state index in [2.05, 4.69) is 36.4 Å². The average Bonchev–Trinajstić information content (AvgIpc) is 3.19. The van der Waals surface area contributed by atoms with Gasteiger partial charge >= 0.3 is 0 Å². The Labute approximate surface area is 291 Å². The molecule has 0 unspecified atom stereocenters. The van der Waals surface area contributed by atoms with Gasteiger partial charge in [-0.05, 0) is 80.2 Å². The maximum absolute atomic E-state index is 10.0. The Morgan fingerprint density at radius 1 is 0.360 bits per heavy atom. The number of benzene rings is 8. The molecule has 4 heteroatoms. The van der Waals surface area contributed by atoms with Crippen LogP contribution in [0.5, 0.6) is 23.0 Å². The van der Waals surface area contributed by atoms with Crippen molar-refractivity contribution in [3.63, 3.8) is 0 Å². The van der Waals surface area contributed by atoms with E-state index >= 15 is 0 Å². The lowest BCUT2D eigenvalue weighted by Gasteiger charge is -2.21. The van der Waals surface area contributed by atoms with Gasteiger partial charge in [0.2, 0.25) is 0 Å². The number of fused-ring (bicyclic) bond motifs is 2. The fraction of sp³-hybridized carbons (Fsp3) is 0.0435. The van der Waals surface area contributed by atoms with E-state index < -0.39 is 0 Å². The van der Waals surface area contributed by atoms with Crippen LogP contribution in [0.1, 0.15) is 11.1 Å². The highest BCUT2D eigenvalue weighted by molar-refractivity contribution is 6.10. The summed E-state index contributed by atoms with van der Waals surface area (Å²) in [6.07, 6.45) is 0. The molecule has 0 radical (unpaired) electrons. The molecule has 0 aromatic heterocycles. The lowest BCUT2D eigenvalue weighted by molar-refractivity contribution is 0.281. The third kappa shape index (κ3) is 5.99. The molecular weight excluding hydrogens is 617 g/mol. The number of hydrogen-bond donors (Lipinski definition) is 2. The topological polar surface area (TPSA) is 58.9 Å². The zero-order chi connectivity index (χ0) is 33.9. The van der Waals surface area contributed by atoms with Crippen LogP contribution in [0, 0.1) is 0 Å². The molecule has 0 fully saturated rings. The van der Waals surface area contributed by atoms with Crippen LogP contribution in [0.3, 0.4) is 0 Å². The molecule has 0 spiro atoms. The van der Waals surface area contributed by atoms with Gasteiger partial charge in [0, 0.05) is 22.3 Å². The summed E-state index contributed by atoms with van der Waals surface area (Å²) in [5.74, 6) is 2.72. The zero-order valence-corrected chi connectivity index (χ0v) is 27.3. The second-order valence-electron chi connectivity index (χ2n) is 12.2. The zero-order valence-electron chi connectivity index (χ0n) is 27.3. The summed E-state index contributed by atoms with van der Waals surface area (Å²) >= 11 is 0. The van der Waals surface area contributed by atoms with E-state index in [0.29, 0.717) is 23.0 Å². The van der Waals surface area contributed by atoms with Crippen LogP contribution in [-0.4, -0.2) is 10.2 Å². The van der Waals surface area contributed by atoms with E-state index in [4.69, 9.17) is 9.47 Å². The fourth-order valence-electron chi connectivity index (χ4n) is 6.64. The predicted molar refractivity (Wildman–Crippen MR) is 203 cm³/mol. The minimum Gasteiger partial charge on any atom is -0.456 e. The first-order valence-corrected chi connectivity index (χ1v) is 16.7. The standard InChI is InChI=1S/C46H34O4/c47-29-31-19-23-41(39(27-31)33-11-3-1-4-12-33)49-43-25-21-35-15-7-9-17-37(35)45(43)46-38-18-10-8-16-36(38)22-26-44(46)50-42-24-20-32(30-48)28-40(42)34-13-5-2-6-14-34/h1-28,47-48H,29-30H2. The molecule has 0 saturated carbocycles. The molecule has 0 aliphatic carbocycles. The minimum atomic E-state index is -0.0672. The second kappa shape index (κ2) is 13.7. The summed E-state index contributed by atoms with van der Waals surface area (Å²) in [5.41, 5.74) is 7.21. The Morgan fingerprint density at radius 3 is 1.16 bits per heavy atom. The van der Waals surface area contributed by atoms with Crippen molar-refractivity contribution in [1.82, 2.24) is 0 Å². The molecule has 0 heterocycles. The van der Waals surface area contributed by atoms with Gasteiger partial charge in [0.15, 0.2) is 0 Å². The SMILES string of the molecule is OCc1ccc(Oc2ccc3ccccc3c2-c2c(Oc3ccc(CO)cc3-c3ccccc3)ccc3ccccc23)c(-c2ccccc2)c1. The number of hydrogen-bond acceptors (Lipinski definition) is 4. The summed E-state index contributed by atoms with van der Waals surface area (Å²) < 4.78 is 13.9. The molecule has 0 saturated heterocycles. The maximum atomic E-state index is 10.0. The highest BCUT2D eigenvalue weighted by atomic mass is 16.5. The monoisotopic (exact) mass is 650 g/mol. The molecule has 4 nitrogen and oxygen atoms in total. The van der Waals surface area contributed by atoms with E-state index in [1.807, 2.05) is 133 Å². The first kappa shape index (κ1) is 31.1. The third-order valence-corrected chi connectivity index (χ3v) is 9.09. The molecule has 8 aromatic carbocycles. The summed E-state index contributed by atoms with van der Waals surface area (Å²) in [4.78, 5) is 0. The van der Waals surface area contributed by atoms with Gasteiger partial charge in [-0.1, -0.05) is 133 Å². The van der Waals surface area contributed by atoms with Crippen LogP contribution in [-0.2, 0) is 13.2 Å². The van der Waals surface area contributed by atoms with Crippen LogP contribution in [0.25, 0.3) is 54.9 Å². The van der Waals surface area contributed by atoms with Gasteiger partial charge in [-0.3, -0.25) is 0 Å². The van der Waals surface area contributed by atoms with Crippen LogP contribution < -0.4 is 9.47 Å². The van der Waals surface area contributed by atoms with Gasteiger partial charge in [-0.15, -0.1) is 0 Å². The summed E-state index contributed by atoms with van der Waals surface area (Å²) in [5, 5.41) is 24.2. The smallest absolute Gasteiger partial charge is 0.136 e. The van der Waals surface area contributed by atoms with Crippen molar-refractivity contribution in [3.8, 4) is 56.4 Å². The van der Waals surface area contributed by atoms with Gasteiger partial charge in [0.1, 0.15) is 23.0 Å². The highest BCUT2D eigenvalue weighted by Gasteiger charge is 2.22. The number of ether oxygens (including phenoxy) is 2. The highest BCUT2D eigenvalue weighted by Crippen LogP contribution is 2.49. The minimum absolute atomic E-state index is 0.0672. The van der Waals surface area contributed by atoms with E-state index in [-0.39, 0.29) is 13.2 Å². The van der Waals surface area contributed by atoms with Crippen molar-refractivity contribution in [3.05, 3.63) is 181 Å². The molecule has 0 bridgehead atoms. The molecule has 8 aromatic rings. The molecule has 0 aliphatic heterocycles. The first-order valence-electron chi connectivity index (χ1n) is 16.7. The van der Waals surface area contributed by atoms with Crippen LogP contribution in [0.15, 0.2) is 170 Å². The lowest BCUT2D eigenvalue weighted by atomic mass is 9.92. The van der Waals surface area contributed by atoms with Crippen molar-refractivity contribution in [2.24, 2.45) is 0 Å².